The Morgan fingerprint density at radius 2 is 2.23 bits per heavy atom. The van der Waals surface area contributed by atoms with Gasteiger partial charge in [-0.1, -0.05) is 18.2 Å². The molecule has 2 rings (SSSR count). The highest BCUT2D eigenvalue weighted by molar-refractivity contribution is 5.67. The first-order chi connectivity index (χ1) is 6.36. The highest BCUT2D eigenvalue weighted by atomic mass is 16.5. The number of fused-ring (bicyclic) bond motifs is 1. The lowest BCUT2D eigenvalue weighted by atomic mass is 10.1. The van der Waals surface area contributed by atoms with Crippen LogP contribution in [0.15, 0.2) is 18.2 Å². The van der Waals surface area contributed by atoms with E-state index >= 15 is 0 Å². The lowest BCUT2D eigenvalue weighted by Crippen LogP contribution is -1.96. The van der Waals surface area contributed by atoms with Crippen molar-refractivity contribution in [3.05, 3.63) is 35.4 Å². The molecule has 1 radical (unpaired) electrons. The molecular weight excluding hydrogens is 164 g/mol. The molecule has 1 aromatic carbocycles. The monoisotopic (exact) mass is 175 g/mol. The molecule has 0 bridgehead atoms. The summed E-state index contributed by atoms with van der Waals surface area (Å²) in [5.41, 5.74) is 2.14. The highest BCUT2D eigenvalue weighted by Crippen LogP contribution is 2.35. The van der Waals surface area contributed by atoms with Gasteiger partial charge in [0.2, 0.25) is 0 Å². The topological polar surface area (TPSA) is 18.5 Å². The van der Waals surface area contributed by atoms with Crippen LogP contribution >= 0.6 is 0 Å². The van der Waals surface area contributed by atoms with Gasteiger partial charge in [-0.25, -0.2) is 0 Å². The van der Waals surface area contributed by atoms with Crippen LogP contribution in [0, 0.1) is 6.07 Å². The summed E-state index contributed by atoms with van der Waals surface area (Å²) in [6.07, 6.45) is 4.05. The van der Waals surface area contributed by atoms with Crippen LogP contribution in [0.1, 0.15) is 17.2 Å². The van der Waals surface area contributed by atoms with Gasteiger partial charge >= 0.3 is 0 Å². The van der Waals surface area contributed by atoms with E-state index in [-0.39, 0.29) is 6.10 Å². The summed E-state index contributed by atoms with van der Waals surface area (Å²) in [7, 11) is 3.36. The average molecular weight is 175 g/mol. The molecule has 1 aromatic rings. The molecule has 0 N–H and O–H groups in total. The van der Waals surface area contributed by atoms with E-state index in [4.69, 9.17) is 9.47 Å². The third-order valence-corrected chi connectivity index (χ3v) is 2.23. The maximum atomic E-state index is 5.26. The summed E-state index contributed by atoms with van der Waals surface area (Å²) in [6, 6.07) is 6.92. The summed E-state index contributed by atoms with van der Waals surface area (Å²) in [6.45, 7) is 0. The molecule has 0 amide bonds. The maximum Gasteiger partial charge on any atom is 0.126 e. The zero-order valence-corrected chi connectivity index (χ0v) is 7.70. The minimum Gasteiger partial charge on any atom is -0.496 e. The fourth-order valence-corrected chi connectivity index (χ4v) is 1.57. The standard InChI is InChI=1S/C11H11O2/c1-12-10-5-3-4-8-9(10)6-7-11(8)13-2/h3,5-7,11H,1-2H3. The highest BCUT2D eigenvalue weighted by Gasteiger charge is 2.19. The van der Waals surface area contributed by atoms with Crippen molar-refractivity contribution in [2.45, 2.75) is 6.10 Å². The van der Waals surface area contributed by atoms with Crippen LogP contribution in [0.5, 0.6) is 5.75 Å². The van der Waals surface area contributed by atoms with Crippen LogP contribution in [-0.2, 0) is 4.74 Å². The van der Waals surface area contributed by atoms with E-state index in [2.05, 4.69) is 6.07 Å². The minimum atomic E-state index is 0.0325. The Bertz CT molecular complexity index is 342. The number of ether oxygens (including phenoxy) is 2. The number of hydrogen-bond donors (Lipinski definition) is 0. The molecule has 1 unspecified atom stereocenters. The van der Waals surface area contributed by atoms with E-state index in [1.165, 1.54) is 0 Å². The molecule has 67 valence electrons. The maximum absolute atomic E-state index is 5.26. The van der Waals surface area contributed by atoms with Crippen molar-refractivity contribution >= 4 is 6.08 Å². The van der Waals surface area contributed by atoms with Crippen LogP contribution in [0.3, 0.4) is 0 Å². The Balaban J connectivity index is 2.48. The average Bonchev–Trinajstić information content (AvgIpc) is 2.60. The molecule has 0 spiro atoms. The van der Waals surface area contributed by atoms with Gasteiger partial charge in [-0.3, -0.25) is 0 Å². The van der Waals surface area contributed by atoms with E-state index in [9.17, 15) is 0 Å². The molecule has 0 aromatic heterocycles. The zero-order valence-electron chi connectivity index (χ0n) is 7.70. The summed E-state index contributed by atoms with van der Waals surface area (Å²) in [5.74, 6) is 0.879. The molecule has 13 heavy (non-hydrogen) atoms. The van der Waals surface area contributed by atoms with Crippen molar-refractivity contribution in [2.24, 2.45) is 0 Å². The van der Waals surface area contributed by atoms with Crippen molar-refractivity contribution in [3.8, 4) is 5.75 Å². The molecule has 0 saturated heterocycles. The third kappa shape index (κ3) is 1.23. The Kier molecular flexibility index (Phi) is 2.07. The van der Waals surface area contributed by atoms with Crippen molar-refractivity contribution in [2.75, 3.05) is 14.2 Å². The van der Waals surface area contributed by atoms with Crippen molar-refractivity contribution in [1.29, 1.82) is 0 Å². The molecule has 0 heterocycles. The second-order valence-electron chi connectivity index (χ2n) is 2.89. The van der Waals surface area contributed by atoms with Crippen molar-refractivity contribution in [3.63, 3.8) is 0 Å². The van der Waals surface area contributed by atoms with E-state index < -0.39 is 0 Å². The zero-order chi connectivity index (χ0) is 9.26. The Hall–Kier alpha value is -1.28. The van der Waals surface area contributed by atoms with Crippen LogP contribution in [0.2, 0.25) is 0 Å². The van der Waals surface area contributed by atoms with Gasteiger partial charge in [0.1, 0.15) is 11.9 Å². The first-order valence-electron chi connectivity index (χ1n) is 4.16. The number of rotatable bonds is 2. The molecule has 1 atom stereocenters. The quantitative estimate of drug-likeness (QED) is 0.686. The molecule has 0 fully saturated rings. The number of methoxy groups -OCH3 is 2. The van der Waals surface area contributed by atoms with Gasteiger partial charge in [-0.2, -0.15) is 0 Å². The summed E-state index contributed by atoms with van der Waals surface area (Å²) in [5, 5.41) is 0. The summed E-state index contributed by atoms with van der Waals surface area (Å²) in [4.78, 5) is 0. The Morgan fingerprint density at radius 1 is 1.38 bits per heavy atom. The Morgan fingerprint density at radius 3 is 2.92 bits per heavy atom. The van der Waals surface area contributed by atoms with Gasteiger partial charge in [0, 0.05) is 18.2 Å². The number of benzene rings is 1. The van der Waals surface area contributed by atoms with Crippen LogP contribution < -0.4 is 4.74 Å². The lowest BCUT2D eigenvalue weighted by Gasteiger charge is -2.09. The molecule has 0 aliphatic heterocycles. The smallest absolute Gasteiger partial charge is 0.126 e. The molecule has 2 heteroatoms. The summed E-state index contributed by atoms with van der Waals surface area (Å²) < 4.78 is 10.5. The lowest BCUT2D eigenvalue weighted by molar-refractivity contribution is 0.145. The van der Waals surface area contributed by atoms with E-state index in [0.29, 0.717) is 0 Å². The van der Waals surface area contributed by atoms with E-state index in [1.54, 1.807) is 14.2 Å². The van der Waals surface area contributed by atoms with E-state index in [1.807, 2.05) is 24.3 Å². The van der Waals surface area contributed by atoms with Gasteiger partial charge in [-0.15, -0.1) is 0 Å². The molecule has 2 nitrogen and oxygen atoms in total. The Labute approximate surface area is 77.8 Å². The summed E-state index contributed by atoms with van der Waals surface area (Å²) >= 11 is 0. The third-order valence-electron chi connectivity index (χ3n) is 2.23. The minimum absolute atomic E-state index is 0.0325. The normalized spacial score (nSPS) is 18.8. The predicted molar refractivity (Wildman–Crippen MR) is 50.6 cm³/mol. The van der Waals surface area contributed by atoms with Gasteiger partial charge in [0.15, 0.2) is 0 Å². The van der Waals surface area contributed by atoms with Crippen molar-refractivity contribution in [1.82, 2.24) is 0 Å². The van der Waals surface area contributed by atoms with Gasteiger partial charge in [-0.05, 0) is 12.1 Å². The van der Waals surface area contributed by atoms with Gasteiger partial charge in [0.25, 0.3) is 0 Å². The van der Waals surface area contributed by atoms with Crippen LogP contribution in [0.4, 0.5) is 0 Å². The number of hydrogen-bond acceptors (Lipinski definition) is 2. The molecule has 1 aliphatic rings. The van der Waals surface area contributed by atoms with Crippen molar-refractivity contribution < 1.29 is 9.47 Å². The largest absolute Gasteiger partial charge is 0.496 e. The van der Waals surface area contributed by atoms with Crippen LogP contribution in [-0.4, -0.2) is 14.2 Å². The second-order valence-corrected chi connectivity index (χ2v) is 2.89. The van der Waals surface area contributed by atoms with Crippen LogP contribution in [0.25, 0.3) is 6.08 Å². The fourth-order valence-electron chi connectivity index (χ4n) is 1.57. The first kappa shape index (κ1) is 8.32. The SMILES string of the molecule is COc1cc[c]c2c1C=CC2OC. The molecule has 1 aliphatic carbocycles. The predicted octanol–water partition coefficient (Wildman–Crippen LogP) is 2.21. The van der Waals surface area contributed by atoms with E-state index in [0.717, 1.165) is 16.9 Å². The first-order valence-corrected chi connectivity index (χ1v) is 4.16. The molecule has 0 saturated carbocycles. The van der Waals surface area contributed by atoms with Gasteiger partial charge in [0.05, 0.1) is 7.11 Å². The van der Waals surface area contributed by atoms with Gasteiger partial charge < -0.3 is 9.47 Å². The molecular formula is C11H11O2. The fraction of sp³-hybridized carbons (Fsp3) is 0.273. The second kappa shape index (κ2) is 3.23.